The third-order valence-corrected chi connectivity index (χ3v) is 8.11. The van der Waals surface area contributed by atoms with Crippen LogP contribution in [0.4, 0.5) is 10.3 Å². The molecule has 0 aromatic carbocycles. The van der Waals surface area contributed by atoms with Gasteiger partial charge in [-0.3, -0.25) is 8.71 Å². The summed E-state index contributed by atoms with van der Waals surface area (Å²) in [6.07, 6.45) is 11.6. The van der Waals surface area contributed by atoms with Crippen molar-refractivity contribution in [2.24, 2.45) is 0 Å². The number of aliphatic hydroxyl groups is 1. The molecular formula is C26H33FN6OS2. The number of hydrogen-bond acceptors (Lipinski definition) is 8. The molecule has 36 heavy (non-hydrogen) atoms. The number of nitrogens with one attached hydrogen (secondary N) is 1. The van der Waals surface area contributed by atoms with Crippen LogP contribution < -0.4 is 5.32 Å². The van der Waals surface area contributed by atoms with Gasteiger partial charge in [0.15, 0.2) is 16.5 Å². The predicted octanol–water partition coefficient (Wildman–Crippen LogP) is 6.89. The minimum absolute atomic E-state index is 0.332. The topological polar surface area (TPSA) is 78.6 Å². The molecule has 0 amide bonds. The van der Waals surface area contributed by atoms with Crippen molar-refractivity contribution < 1.29 is 9.50 Å². The summed E-state index contributed by atoms with van der Waals surface area (Å²) in [7, 11) is 0. The second-order valence-electron chi connectivity index (χ2n) is 8.46. The lowest BCUT2D eigenvalue weighted by Gasteiger charge is -2.31. The van der Waals surface area contributed by atoms with Crippen molar-refractivity contribution in [3.8, 4) is 11.4 Å². The minimum Gasteiger partial charge on any atom is -0.505 e. The molecule has 1 aliphatic carbocycles. The van der Waals surface area contributed by atoms with Gasteiger partial charge in [-0.25, -0.2) is 19.3 Å². The largest absolute Gasteiger partial charge is 0.505 e. The summed E-state index contributed by atoms with van der Waals surface area (Å²) >= 11 is 3.51. The second-order valence-corrected chi connectivity index (χ2v) is 10.7. The van der Waals surface area contributed by atoms with Crippen molar-refractivity contribution in [1.29, 1.82) is 0 Å². The summed E-state index contributed by atoms with van der Waals surface area (Å²) in [6.45, 7) is 11.1. The fourth-order valence-electron chi connectivity index (χ4n) is 3.98. The predicted molar refractivity (Wildman–Crippen MR) is 149 cm³/mol. The molecular weight excluding hydrogens is 495 g/mol. The van der Waals surface area contributed by atoms with Crippen molar-refractivity contribution in [3.05, 3.63) is 59.9 Å². The summed E-state index contributed by atoms with van der Waals surface area (Å²) in [5.41, 5.74) is 2.65. The van der Waals surface area contributed by atoms with Crippen molar-refractivity contribution in [2.45, 2.75) is 57.7 Å². The van der Waals surface area contributed by atoms with Gasteiger partial charge < -0.3 is 10.4 Å². The van der Waals surface area contributed by atoms with Crippen LogP contribution in [-0.2, 0) is 0 Å². The molecule has 0 radical (unpaired) electrons. The Bertz CT molecular complexity index is 1250. The van der Waals surface area contributed by atoms with E-state index in [0.29, 0.717) is 29.0 Å². The molecule has 0 unspecified atom stereocenters. The van der Waals surface area contributed by atoms with Gasteiger partial charge >= 0.3 is 0 Å². The zero-order chi connectivity index (χ0) is 25.7. The Hall–Kier alpha value is -2.69. The molecule has 3 aromatic heterocycles. The molecule has 1 saturated heterocycles. The monoisotopic (exact) mass is 528 g/mol. The summed E-state index contributed by atoms with van der Waals surface area (Å²) in [5, 5.41) is 16.2. The molecule has 192 valence electrons. The molecule has 2 aliphatic rings. The fourth-order valence-corrected chi connectivity index (χ4v) is 5.88. The fraction of sp³-hybridized carbons (Fsp3) is 0.423. The number of thiazole rings is 1. The highest BCUT2D eigenvalue weighted by Crippen LogP contribution is 2.37. The van der Waals surface area contributed by atoms with Crippen molar-refractivity contribution in [1.82, 2.24) is 23.7 Å². The van der Waals surface area contributed by atoms with E-state index < -0.39 is 11.6 Å². The first-order chi connectivity index (χ1) is 17.5. The molecule has 0 spiro atoms. The SMILES string of the molecule is C=C(F)/C(O)=C\C(=C/C)c1nc2sccn2c1-c1ccnc(NC2CCN(SC3CC3)CC2)n1.CC. The summed E-state index contributed by atoms with van der Waals surface area (Å²) in [5.74, 6) is -0.830. The number of piperidine rings is 1. The van der Waals surface area contributed by atoms with E-state index in [1.807, 2.05) is 54.8 Å². The number of nitrogens with zero attached hydrogens (tertiary/aromatic N) is 5. The first kappa shape index (κ1) is 26.4. The number of halogens is 1. The zero-order valence-corrected chi connectivity index (χ0v) is 22.6. The molecule has 2 N–H and O–H groups in total. The van der Waals surface area contributed by atoms with E-state index in [4.69, 9.17) is 9.97 Å². The molecule has 4 heterocycles. The van der Waals surface area contributed by atoms with Crippen LogP contribution in [0.15, 0.2) is 54.2 Å². The lowest BCUT2D eigenvalue weighted by molar-refractivity contribution is 0.357. The van der Waals surface area contributed by atoms with E-state index >= 15 is 0 Å². The number of rotatable bonds is 8. The van der Waals surface area contributed by atoms with E-state index in [-0.39, 0.29) is 0 Å². The van der Waals surface area contributed by atoms with Crippen molar-refractivity contribution >= 4 is 39.8 Å². The van der Waals surface area contributed by atoms with E-state index in [1.165, 1.54) is 30.3 Å². The number of aliphatic hydroxyl groups excluding tert-OH is 1. The van der Waals surface area contributed by atoms with Gasteiger partial charge in [0.2, 0.25) is 5.95 Å². The molecule has 10 heteroatoms. The molecule has 2 fully saturated rings. The summed E-state index contributed by atoms with van der Waals surface area (Å²) in [4.78, 5) is 14.8. The van der Waals surface area contributed by atoms with Crippen LogP contribution in [-0.4, -0.2) is 53.1 Å². The van der Waals surface area contributed by atoms with Gasteiger partial charge in [-0.1, -0.05) is 38.5 Å². The van der Waals surface area contributed by atoms with Gasteiger partial charge in [-0.15, -0.1) is 11.3 Å². The third-order valence-electron chi connectivity index (χ3n) is 5.92. The van der Waals surface area contributed by atoms with Crippen LogP contribution in [0, 0.1) is 0 Å². The highest BCUT2D eigenvalue weighted by Gasteiger charge is 2.28. The Labute approximate surface area is 220 Å². The average Bonchev–Trinajstić information content (AvgIpc) is 3.46. The number of fused-ring (bicyclic) bond motifs is 1. The maximum atomic E-state index is 13.4. The normalized spacial score (nSPS) is 17.7. The average molecular weight is 529 g/mol. The van der Waals surface area contributed by atoms with Crippen molar-refractivity contribution in [3.63, 3.8) is 0 Å². The molecule has 5 rings (SSSR count). The third kappa shape index (κ3) is 6.16. The van der Waals surface area contributed by atoms with Crippen LogP contribution in [0.2, 0.25) is 0 Å². The zero-order valence-electron chi connectivity index (χ0n) is 20.9. The van der Waals surface area contributed by atoms with E-state index in [1.54, 1.807) is 12.3 Å². The van der Waals surface area contributed by atoms with Gasteiger partial charge in [-0.05, 0) is 44.7 Å². The number of imidazole rings is 1. The van der Waals surface area contributed by atoms with Gasteiger partial charge in [0.05, 0.1) is 11.4 Å². The minimum atomic E-state index is -0.892. The lowest BCUT2D eigenvalue weighted by atomic mass is 10.1. The highest BCUT2D eigenvalue weighted by atomic mass is 32.2. The van der Waals surface area contributed by atoms with Gasteiger partial charge in [0, 0.05) is 47.7 Å². The Morgan fingerprint density at radius 1 is 1.25 bits per heavy atom. The van der Waals surface area contributed by atoms with Gasteiger partial charge in [-0.2, -0.15) is 0 Å². The van der Waals surface area contributed by atoms with Crippen LogP contribution in [0.25, 0.3) is 21.9 Å². The Morgan fingerprint density at radius 3 is 2.67 bits per heavy atom. The molecule has 0 atom stereocenters. The molecule has 7 nitrogen and oxygen atoms in total. The number of anilines is 1. The quantitative estimate of drug-likeness (QED) is 0.187. The second kappa shape index (κ2) is 12.0. The molecule has 1 aliphatic heterocycles. The first-order valence-electron chi connectivity index (χ1n) is 12.4. The van der Waals surface area contributed by atoms with Crippen LogP contribution in [0.5, 0.6) is 0 Å². The Balaban J connectivity index is 0.00000148. The van der Waals surface area contributed by atoms with Crippen LogP contribution in [0.1, 0.15) is 52.1 Å². The molecule has 3 aromatic rings. The van der Waals surface area contributed by atoms with Gasteiger partial charge in [0.25, 0.3) is 0 Å². The van der Waals surface area contributed by atoms with Crippen molar-refractivity contribution in [2.75, 3.05) is 18.4 Å². The first-order valence-corrected chi connectivity index (χ1v) is 14.1. The maximum absolute atomic E-state index is 13.4. The van der Waals surface area contributed by atoms with Gasteiger partial charge in [0.1, 0.15) is 5.69 Å². The van der Waals surface area contributed by atoms with E-state index in [0.717, 1.165) is 41.8 Å². The molecule has 1 saturated carbocycles. The van der Waals surface area contributed by atoms with Crippen LogP contribution in [0.3, 0.4) is 0 Å². The number of allylic oxidation sites excluding steroid dienone is 4. The lowest BCUT2D eigenvalue weighted by Crippen LogP contribution is -2.36. The number of aromatic nitrogens is 4. The summed E-state index contributed by atoms with van der Waals surface area (Å²) in [6, 6.07) is 2.18. The smallest absolute Gasteiger partial charge is 0.223 e. The summed E-state index contributed by atoms with van der Waals surface area (Å²) < 4.78 is 17.9. The van der Waals surface area contributed by atoms with E-state index in [2.05, 4.69) is 21.2 Å². The Kier molecular flexibility index (Phi) is 8.81. The Morgan fingerprint density at radius 2 is 2.00 bits per heavy atom. The maximum Gasteiger partial charge on any atom is 0.223 e. The highest BCUT2D eigenvalue weighted by molar-refractivity contribution is 7.97. The number of hydrogen-bond donors (Lipinski definition) is 2. The van der Waals surface area contributed by atoms with Crippen LogP contribution >= 0.6 is 23.3 Å². The molecule has 0 bridgehead atoms. The standard InChI is InChI=1S/C24H27FN6OS2.C2H6/c1-3-16(14-20(32)15(2)25)21-22(31-12-13-33-24(31)29-21)19-6-9-26-23(28-19)27-17-7-10-30(11-8-17)34-18-4-5-18;1-2/h3,6,9,12-14,17-18,32H,2,4-5,7-8,10-11H2,1H3,(H,26,27,28);1-2H3/b16-3+,20-14+;. The van der Waals surface area contributed by atoms with E-state index in [9.17, 15) is 9.50 Å².